The number of hydrogen-bond acceptors (Lipinski definition) is 4. The number of aromatic nitrogens is 2. The number of thiophene rings is 1. The molecule has 0 aliphatic carbocycles. The van der Waals surface area contributed by atoms with Crippen LogP contribution in [0.4, 0.5) is 0 Å². The fraction of sp³-hybridized carbons (Fsp3) is 0.429. The van der Waals surface area contributed by atoms with Crippen LogP contribution in [0.1, 0.15) is 35.9 Å². The molecule has 1 saturated heterocycles. The molecule has 3 aromatic rings. The number of hydrogen-bond donors (Lipinski definition) is 1. The second-order valence-electron chi connectivity index (χ2n) is 7.38. The molecule has 5 nitrogen and oxygen atoms in total. The third-order valence-electron chi connectivity index (χ3n) is 5.19. The van der Waals surface area contributed by atoms with Crippen molar-refractivity contribution in [1.82, 2.24) is 19.8 Å². The maximum Gasteiger partial charge on any atom is 0.263 e. The molecule has 4 heterocycles. The molecule has 1 atom stereocenters. The molecule has 0 unspecified atom stereocenters. The van der Waals surface area contributed by atoms with Crippen molar-refractivity contribution in [2.75, 3.05) is 26.2 Å². The second kappa shape index (κ2) is 8.23. The molecular formula is C21H26N4OS. The van der Waals surface area contributed by atoms with E-state index in [1.54, 1.807) is 6.20 Å². The van der Waals surface area contributed by atoms with E-state index in [9.17, 15) is 4.79 Å². The van der Waals surface area contributed by atoms with E-state index in [0.29, 0.717) is 6.54 Å². The summed E-state index contributed by atoms with van der Waals surface area (Å²) in [5, 5.41) is 4.14. The fourth-order valence-electron chi connectivity index (χ4n) is 3.89. The number of nitrogens with one attached hydrogen (secondary N) is 1. The van der Waals surface area contributed by atoms with Gasteiger partial charge in [-0.15, -0.1) is 11.3 Å². The Morgan fingerprint density at radius 2 is 2.19 bits per heavy atom. The minimum Gasteiger partial charge on any atom is -0.351 e. The molecule has 1 aliphatic rings. The topological polar surface area (TPSA) is 50.2 Å². The van der Waals surface area contributed by atoms with Gasteiger partial charge in [0.1, 0.15) is 9.71 Å². The van der Waals surface area contributed by atoms with Crippen LogP contribution in [0.15, 0.2) is 42.9 Å². The summed E-state index contributed by atoms with van der Waals surface area (Å²) in [6.45, 7) is 6.47. The lowest BCUT2D eigenvalue weighted by molar-refractivity contribution is 0.0954. The molecule has 0 spiro atoms. The maximum absolute atomic E-state index is 12.9. The molecule has 27 heavy (non-hydrogen) atoms. The molecule has 4 rings (SSSR count). The first kappa shape index (κ1) is 18.2. The van der Waals surface area contributed by atoms with Gasteiger partial charge in [-0.1, -0.05) is 6.92 Å². The Hall–Kier alpha value is -2.18. The van der Waals surface area contributed by atoms with Gasteiger partial charge in [0.15, 0.2) is 0 Å². The first-order chi connectivity index (χ1) is 13.2. The Morgan fingerprint density at radius 1 is 1.33 bits per heavy atom. The van der Waals surface area contributed by atoms with E-state index in [0.717, 1.165) is 39.7 Å². The van der Waals surface area contributed by atoms with Gasteiger partial charge in [0.05, 0.1) is 5.69 Å². The third kappa shape index (κ3) is 4.06. The lowest BCUT2D eigenvalue weighted by Gasteiger charge is -2.30. The Balaban J connectivity index is 1.43. The third-order valence-corrected chi connectivity index (χ3v) is 6.29. The number of nitrogens with zero attached hydrogens (tertiary/aromatic N) is 3. The van der Waals surface area contributed by atoms with Crippen LogP contribution in [0.5, 0.6) is 0 Å². The first-order valence-corrected chi connectivity index (χ1v) is 10.6. The SMILES string of the molecule is C[C@@H]1CCCN(CCCNC(=O)c2sc3ncccc3c2-n2cccc2)C1. The van der Waals surface area contributed by atoms with Gasteiger partial charge in [-0.25, -0.2) is 4.98 Å². The highest BCUT2D eigenvalue weighted by atomic mass is 32.1. The van der Waals surface area contributed by atoms with Crippen molar-refractivity contribution in [3.8, 4) is 5.69 Å². The number of rotatable bonds is 6. The largest absolute Gasteiger partial charge is 0.351 e. The molecule has 0 bridgehead atoms. The van der Waals surface area contributed by atoms with Crippen molar-refractivity contribution in [3.63, 3.8) is 0 Å². The Kier molecular flexibility index (Phi) is 5.55. The van der Waals surface area contributed by atoms with E-state index < -0.39 is 0 Å². The predicted molar refractivity (Wildman–Crippen MR) is 111 cm³/mol. The van der Waals surface area contributed by atoms with Crippen molar-refractivity contribution in [1.29, 1.82) is 0 Å². The minimum atomic E-state index is -0.00582. The average Bonchev–Trinajstić information content (AvgIpc) is 3.32. The normalized spacial score (nSPS) is 18.0. The minimum absolute atomic E-state index is 0.00582. The predicted octanol–water partition coefficient (Wildman–Crippen LogP) is 3.94. The van der Waals surface area contributed by atoms with E-state index >= 15 is 0 Å². The van der Waals surface area contributed by atoms with Gasteiger partial charge in [-0.2, -0.15) is 0 Å². The monoisotopic (exact) mass is 382 g/mol. The number of fused-ring (bicyclic) bond motifs is 1. The molecule has 0 saturated carbocycles. The summed E-state index contributed by atoms with van der Waals surface area (Å²) >= 11 is 1.46. The number of likely N-dealkylation sites (tertiary alicyclic amines) is 1. The molecule has 3 aromatic heterocycles. The summed E-state index contributed by atoms with van der Waals surface area (Å²) in [5.74, 6) is 0.789. The van der Waals surface area contributed by atoms with Crippen LogP contribution in [-0.4, -0.2) is 46.5 Å². The van der Waals surface area contributed by atoms with Gasteiger partial charge >= 0.3 is 0 Å². The number of piperidine rings is 1. The van der Waals surface area contributed by atoms with Crippen LogP contribution in [0, 0.1) is 5.92 Å². The molecule has 0 aromatic carbocycles. The van der Waals surface area contributed by atoms with Gasteiger partial charge in [-0.3, -0.25) is 4.79 Å². The summed E-state index contributed by atoms with van der Waals surface area (Å²) in [6.07, 6.45) is 9.35. The zero-order chi connectivity index (χ0) is 18.6. The maximum atomic E-state index is 12.9. The van der Waals surface area contributed by atoms with Crippen molar-refractivity contribution in [3.05, 3.63) is 47.7 Å². The van der Waals surface area contributed by atoms with E-state index in [1.807, 2.05) is 41.2 Å². The highest BCUT2D eigenvalue weighted by Crippen LogP contribution is 2.32. The fourth-order valence-corrected chi connectivity index (χ4v) is 4.95. The zero-order valence-corrected chi connectivity index (χ0v) is 16.5. The molecule has 1 N–H and O–H groups in total. The summed E-state index contributed by atoms with van der Waals surface area (Å²) in [6, 6.07) is 7.90. The summed E-state index contributed by atoms with van der Waals surface area (Å²) in [4.78, 5) is 21.5. The smallest absolute Gasteiger partial charge is 0.263 e. The zero-order valence-electron chi connectivity index (χ0n) is 15.7. The van der Waals surface area contributed by atoms with Crippen LogP contribution in [0.25, 0.3) is 15.9 Å². The molecule has 0 radical (unpaired) electrons. The van der Waals surface area contributed by atoms with Crippen LogP contribution >= 0.6 is 11.3 Å². The van der Waals surface area contributed by atoms with Crippen molar-refractivity contribution >= 4 is 27.5 Å². The summed E-state index contributed by atoms with van der Waals surface area (Å²) < 4.78 is 2.00. The van der Waals surface area contributed by atoms with Gasteiger partial charge in [-0.05, 0) is 62.5 Å². The summed E-state index contributed by atoms with van der Waals surface area (Å²) in [5.41, 5.74) is 0.926. The quantitative estimate of drug-likeness (QED) is 0.657. The number of carbonyl (C=O) groups excluding carboxylic acids is 1. The Morgan fingerprint density at radius 3 is 3.00 bits per heavy atom. The summed E-state index contributed by atoms with van der Waals surface area (Å²) in [7, 11) is 0. The molecule has 1 aliphatic heterocycles. The van der Waals surface area contributed by atoms with E-state index in [4.69, 9.17) is 0 Å². The Bertz CT molecular complexity index is 902. The highest BCUT2D eigenvalue weighted by molar-refractivity contribution is 7.21. The molecule has 1 fully saturated rings. The Labute approximate surface area is 164 Å². The second-order valence-corrected chi connectivity index (χ2v) is 8.38. The van der Waals surface area contributed by atoms with E-state index in [2.05, 4.69) is 22.1 Å². The van der Waals surface area contributed by atoms with Gasteiger partial charge in [0.2, 0.25) is 0 Å². The lowest BCUT2D eigenvalue weighted by Crippen LogP contribution is -2.36. The van der Waals surface area contributed by atoms with Gasteiger partial charge < -0.3 is 14.8 Å². The van der Waals surface area contributed by atoms with Crippen LogP contribution in [0.3, 0.4) is 0 Å². The van der Waals surface area contributed by atoms with Crippen LogP contribution < -0.4 is 5.32 Å². The first-order valence-electron chi connectivity index (χ1n) is 9.74. The number of carbonyl (C=O) groups is 1. The van der Waals surface area contributed by atoms with Gasteiger partial charge in [0.25, 0.3) is 5.91 Å². The standard InChI is InChI=1S/C21H26N4OS/c1-16-7-5-11-24(15-16)12-6-10-22-20(26)19-18(25-13-2-3-14-25)17-8-4-9-23-21(17)27-19/h2-4,8-9,13-14,16H,5-7,10-12,15H2,1H3,(H,22,26)/t16-/m1/s1. The molecule has 6 heteroatoms. The van der Waals surface area contributed by atoms with Crippen LogP contribution in [-0.2, 0) is 0 Å². The molecular weight excluding hydrogens is 356 g/mol. The van der Waals surface area contributed by atoms with Crippen LogP contribution in [0.2, 0.25) is 0 Å². The highest BCUT2D eigenvalue weighted by Gasteiger charge is 2.20. The van der Waals surface area contributed by atoms with Crippen molar-refractivity contribution in [2.45, 2.75) is 26.2 Å². The van der Waals surface area contributed by atoms with E-state index in [1.165, 1.54) is 37.3 Å². The number of pyridine rings is 1. The molecule has 142 valence electrons. The van der Waals surface area contributed by atoms with E-state index in [-0.39, 0.29) is 5.91 Å². The van der Waals surface area contributed by atoms with Crippen molar-refractivity contribution in [2.24, 2.45) is 5.92 Å². The lowest BCUT2D eigenvalue weighted by atomic mass is 10.0. The van der Waals surface area contributed by atoms with Crippen molar-refractivity contribution < 1.29 is 4.79 Å². The van der Waals surface area contributed by atoms with Gasteiger partial charge in [0, 0.05) is 37.1 Å². The average molecular weight is 383 g/mol. The molecule has 1 amide bonds. The number of amides is 1.